The van der Waals surface area contributed by atoms with Crippen LogP contribution >= 0.6 is 0 Å². The summed E-state index contributed by atoms with van der Waals surface area (Å²) in [4.78, 5) is 22.8. The van der Waals surface area contributed by atoms with Crippen LogP contribution in [0.15, 0.2) is 24.3 Å². The molecule has 1 aliphatic carbocycles. The monoisotopic (exact) mass is 321 g/mol. The SMILES string of the molecule is COc1ccc(OCCC(=O)NC2CCC(C(=O)O)CC2)cc1. The Labute approximate surface area is 135 Å². The lowest BCUT2D eigenvalue weighted by Gasteiger charge is -2.26. The largest absolute Gasteiger partial charge is 0.497 e. The average Bonchev–Trinajstić information content (AvgIpc) is 2.56. The maximum Gasteiger partial charge on any atom is 0.306 e. The molecule has 0 spiro atoms. The molecule has 1 aliphatic rings. The summed E-state index contributed by atoms with van der Waals surface area (Å²) in [5, 5.41) is 11.9. The van der Waals surface area contributed by atoms with Gasteiger partial charge in [-0.1, -0.05) is 0 Å². The Morgan fingerprint density at radius 3 is 2.30 bits per heavy atom. The second kappa shape index (κ2) is 8.41. The van der Waals surface area contributed by atoms with E-state index in [0.29, 0.717) is 25.2 Å². The lowest BCUT2D eigenvalue weighted by atomic mass is 9.86. The van der Waals surface area contributed by atoms with Crippen LogP contribution in [0.2, 0.25) is 0 Å². The van der Waals surface area contributed by atoms with Crippen LogP contribution in [0.25, 0.3) is 0 Å². The van der Waals surface area contributed by atoms with Gasteiger partial charge in [-0.15, -0.1) is 0 Å². The van der Waals surface area contributed by atoms with Crippen molar-refractivity contribution in [3.8, 4) is 11.5 Å². The molecule has 23 heavy (non-hydrogen) atoms. The van der Waals surface area contributed by atoms with Gasteiger partial charge in [-0.3, -0.25) is 9.59 Å². The van der Waals surface area contributed by atoms with Gasteiger partial charge in [0.15, 0.2) is 0 Å². The zero-order chi connectivity index (χ0) is 16.7. The highest BCUT2D eigenvalue weighted by Crippen LogP contribution is 2.24. The Kier molecular flexibility index (Phi) is 6.26. The highest BCUT2D eigenvalue weighted by atomic mass is 16.5. The molecule has 126 valence electrons. The van der Waals surface area contributed by atoms with Gasteiger partial charge in [-0.2, -0.15) is 0 Å². The topological polar surface area (TPSA) is 84.9 Å². The van der Waals surface area contributed by atoms with Gasteiger partial charge in [0.05, 0.1) is 26.1 Å². The molecule has 1 amide bonds. The van der Waals surface area contributed by atoms with E-state index < -0.39 is 5.97 Å². The molecule has 2 rings (SSSR count). The fourth-order valence-electron chi connectivity index (χ4n) is 2.72. The Hall–Kier alpha value is -2.24. The number of carboxylic acid groups (broad SMARTS) is 1. The van der Waals surface area contributed by atoms with Crippen molar-refractivity contribution in [2.75, 3.05) is 13.7 Å². The minimum atomic E-state index is -0.734. The number of carbonyl (C=O) groups is 2. The molecule has 6 nitrogen and oxygen atoms in total. The smallest absolute Gasteiger partial charge is 0.306 e. The summed E-state index contributed by atoms with van der Waals surface area (Å²) in [6.07, 6.45) is 2.99. The molecular formula is C17H23NO5. The molecule has 1 saturated carbocycles. The summed E-state index contributed by atoms with van der Waals surface area (Å²) in [5.41, 5.74) is 0. The number of carboxylic acids is 1. The van der Waals surface area contributed by atoms with Crippen LogP contribution in [-0.4, -0.2) is 36.7 Å². The summed E-state index contributed by atoms with van der Waals surface area (Å²) in [6, 6.07) is 7.28. The Bertz CT molecular complexity index is 520. The number of amides is 1. The van der Waals surface area contributed by atoms with Gasteiger partial charge in [-0.25, -0.2) is 0 Å². The molecule has 1 aromatic rings. The highest BCUT2D eigenvalue weighted by molar-refractivity contribution is 5.76. The van der Waals surface area contributed by atoms with Gasteiger partial charge in [-0.05, 0) is 49.9 Å². The predicted molar refractivity (Wildman–Crippen MR) is 84.6 cm³/mol. The fourth-order valence-corrected chi connectivity index (χ4v) is 2.72. The first-order valence-electron chi connectivity index (χ1n) is 7.87. The van der Waals surface area contributed by atoms with Crippen LogP contribution < -0.4 is 14.8 Å². The van der Waals surface area contributed by atoms with E-state index in [9.17, 15) is 9.59 Å². The van der Waals surface area contributed by atoms with E-state index in [4.69, 9.17) is 14.6 Å². The van der Waals surface area contributed by atoms with Crippen LogP contribution in [-0.2, 0) is 9.59 Å². The third-order valence-corrected chi connectivity index (χ3v) is 4.10. The normalized spacial score (nSPS) is 20.6. The van der Waals surface area contributed by atoms with Crippen LogP contribution in [0.5, 0.6) is 11.5 Å². The summed E-state index contributed by atoms with van der Waals surface area (Å²) in [5.74, 6) is 0.397. The molecule has 0 aromatic heterocycles. The Morgan fingerprint density at radius 2 is 1.74 bits per heavy atom. The molecule has 1 aromatic carbocycles. The van der Waals surface area contributed by atoms with Crippen LogP contribution in [0.1, 0.15) is 32.1 Å². The lowest BCUT2D eigenvalue weighted by molar-refractivity contribution is -0.142. The first kappa shape index (κ1) is 17.1. The number of carbonyl (C=O) groups excluding carboxylic acids is 1. The first-order chi connectivity index (χ1) is 11.1. The molecule has 0 atom stereocenters. The standard InChI is InChI=1S/C17H23NO5/c1-22-14-6-8-15(9-7-14)23-11-10-16(19)18-13-4-2-12(3-5-13)17(20)21/h6-9,12-13H,2-5,10-11H2,1H3,(H,18,19)(H,20,21). The van der Waals surface area contributed by atoms with E-state index >= 15 is 0 Å². The van der Waals surface area contributed by atoms with Crippen molar-refractivity contribution < 1.29 is 24.2 Å². The van der Waals surface area contributed by atoms with Crippen molar-refractivity contribution in [3.63, 3.8) is 0 Å². The van der Waals surface area contributed by atoms with E-state index in [2.05, 4.69) is 5.32 Å². The van der Waals surface area contributed by atoms with Crippen LogP contribution in [0.4, 0.5) is 0 Å². The van der Waals surface area contributed by atoms with Crippen molar-refractivity contribution in [2.24, 2.45) is 5.92 Å². The van der Waals surface area contributed by atoms with E-state index in [0.717, 1.165) is 18.6 Å². The van der Waals surface area contributed by atoms with Gasteiger partial charge < -0.3 is 19.9 Å². The van der Waals surface area contributed by atoms with E-state index in [1.165, 1.54) is 0 Å². The number of benzene rings is 1. The van der Waals surface area contributed by atoms with E-state index in [-0.39, 0.29) is 24.3 Å². The van der Waals surface area contributed by atoms with Crippen LogP contribution in [0.3, 0.4) is 0 Å². The van der Waals surface area contributed by atoms with Crippen molar-refractivity contribution in [2.45, 2.75) is 38.1 Å². The highest BCUT2D eigenvalue weighted by Gasteiger charge is 2.26. The quantitative estimate of drug-likeness (QED) is 0.804. The molecule has 0 unspecified atom stereocenters. The Balaban J connectivity index is 1.64. The molecule has 2 N–H and O–H groups in total. The molecule has 6 heteroatoms. The molecule has 1 fully saturated rings. The van der Waals surface area contributed by atoms with Gasteiger partial charge >= 0.3 is 5.97 Å². The summed E-state index contributed by atoms with van der Waals surface area (Å²) in [7, 11) is 1.60. The maximum absolute atomic E-state index is 11.9. The number of hydrogen-bond acceptors (Lipinski definition) is 4. The average molecular weight is 321 g/mol. The molecule has 0 bridgehead atoms. The lowest BCUT2D eigenvalue weighted by Crippen LogP contribution is -2.39. The van der Waals surface area contributed by atoms with Crippen molar-refractivity contribution in [1.29, 1.82) is 0 Å². The predicted octanol–water partition coefficient (Wildman–Crippen LogP) is 2.22. The zero-order valence-corrected chi connectivity index (χ0v) is 13.3. The van der Waals surface area contributed by atoms with Crippen molar-refractivity contribution in [3.05, 3.63) is 24.3 Å². The molecule has 0 radical (unpaired) electrons. The summed E-state index contributed by atoms with van der Waals surface area (Å²) in [6.45, 7) is 0.308. The van der Waals surface area contributed by atoms with Gasteiger partial charge in [0.25, 0.3) is 0 Å². The van der Waals surface area contributed by atoms with Crippen molar-refractivity contribution in [1.82, 2.24) is 5.32 Å². The van der Waals surface area contributed by atoms with Crippen LogP contribution in [0, 0.1) is 5.92 Å². The minimum Gasteiger partial charge on any atom is -0.497 e. The number of rotatable bonds is 7. The number of methoxy groups -OCH3 is 1. The molecule has 0 heterocycles. The second-order valence-corrected chi connectivity index (χ2v) is 5.73. The third kappa shape index (κ3) is 5.47. The van der Waals surface area contributed by atoms with Crippen molar-refractivity contribution >= 4 is 11.9 Å². The van der Waals surface area contributed by atoms with Gasteiger partial charge in [0, 0.05) is 6.04 Å². The maximum atomic E-state index is 11.9. The fraction of sp³-hybridized carbons (Fsp3) is 0.529. The Morgan fingerprint density at radius 1 is 1.13 bits per heavy atom. The third-order valence-electron chi connectivity index (χ3n) is 4.10. The number of aliphatic carboxylic acids is 1. The van der Waals surface area contributed by atoms with Gasteiger partial charge in [0.2, 0.25) is 5.91 Å². The van der Waals surface area contributed by atoms with Gasteiger partial charge in [0.1, 0.15) is 11.5 Å². The summed E-state index contributed by atoms with van der Waals surface area (Å²) < 4.78 is 10.6. The minimum absolute atomic E-state index is 0.0581. The number of hydrogen-bond donors (Lipinski definition) is 2. The summed E-state index contributed by atoms with van der Waals surface area (Å²) >= 11 is 0. The number of ether oxygens (including phenoxy) is 2. The zero-order valence-electron chi connectivity index (χ0n) is 13.3. The first-order valence-corrected chi connectivity index (χ1v) is 7.87. The molecule has 0 saturated heterocycles. The number of nitrogens with one attached hydrogen (secondary N) is 1. The molecule has 0 aliphatic heterocycles. The second-order valence-electron chi connectivity index (χ2n) is 5.73. The molecular weight excluding hydrogens is 298 g/mol. The van der Waals surface area contributed by atoms with E-state index in [1.807, 2.05) is 0 Å². The van der Waals surface area contributed by atoms with E-state index in [1.54, 1.807) is 31.4 Å².